The minimum absolute atomic E-state index is 0.0132. The number of hydrogen-bond acceptors (Lipinski definition) is 6. The topological polar surface area (TPSA) is 107 Å². The van der Waals surface area contributed by atoms with Crippen molar-refractivity contribution in [2.75, 3.05) is 18.5 Å². The van der Waals surface area contributed by atoms with Gasteiger partial charge in [0.15, 0.2) is 0 Å². The molecule has 0 radical (unpaired) electrons. The highest BCUT2D eigenvalue weighted by Crippen LogP contribution is 2.29. The van der Waals surface area contributed by atoms with E-state index in [1.165, 1.54) is 17.4 Å². The molecule has 0 fully saturated rings. The third-order valence-electron chi connectivity index (χ3n) is 3.71. The van der Waals surface area contributed by atoms with Gasteiger partial charge in [-0.1, -0.05) is 6.07 Å². The number of anilines is 1. The second kappa shape index (κ2) is 6.88. The fourth-order valence-electron chi connectivity index (χ4n) is 2.50. The summed E-state index contributed by atoms with van der Waals surface area (Å²) in [6.07, 6.45) is 1.10. The van der Waals surface area contributed by atoms with Gasteiger partial charge in [-0.05, 0) is 40.1 Å². The number of hydrogen-bond donors (Lipinski definition) is 3. The van der Waals surface area contributed by atoms with E-state index in [-0.39, 0.29) is 30.1 Å². The van der Waals surface area contributed by atoms with Gasteiger partial charge in [0.05, 0.1) is 24.4 Å². The quantitative estimate of drug-likeness (QED) is 0.680. The number of carboxylic acids is 1. The Morgan fingerprint density at radius 1 is 1.20 bits per heavy atom. The number of imide groups is 1. The van der Waals surface area contributed by atoms with Gasteiger partial charge in [-0.3, -0.25) is 14.5 Å². The summed E-state index contributed by atoms with van der Waals surface area (Å²) in [6.45, 7) is -0.452. The molecule has 2 aromatic rings. The standard InChI is InChI=1S/C17H14N2O5S/c20-5-4-19-15(21)8-14(16(19)22)18-13-7-10(11-3-6-25-9-11)1-2-12(13)17(23)24/h1-3,6-9,18,20H,4-5H2,(H,23,24). The molecule has 0 aliphatic carbocycles. The number of aliphatic hydroxyl groups excluding tert-OH is 1. The average Bonchev–Trinajstić information content (AvgIpc) is 3.20. The van der Waals surface area contributed by atoms with Crippen LogP contribution in [0.25, 0.3) is 11.1 Å². The minimum Gasteiger partial charge on any atom is -0.478 e. The van der Waals surface area contributed by atoms with E-state index >= 15 is 0 Å². The lowest BCUT2D eigenvalue weighted by Gasteiger charge is -2.15. The first-order valence-electron chi connectivity index (χ1n) is 7.36. The van der Waals surface area contributed by atoms with Crippen molar-refractivity contribution in [2.45, 2.75) is 0 Å². The third-order valence-corrected chi connectivity index (χ3v) is 4.39. The number of carbonyl (C=O) groups is 3. The molecule has 3 N–H and O–H groups in total. The van der Waals surface area contributed by atoms with Gasteiger partial charge < -0.3 is 15.5 Å². The zero-order valence-electron chi connectivity index (χ0n) is 12.9. The first-order chi connectivity index (χ1) is 12.0. The van der Waals surface area contributed by atoms with E-state index in [0.29, 0.717) is 0 Å². The third kappa shape index (κ3) is 3.30. The van der Waals surface area contributed by atoms with Gasteiger partial charge in [0.1, 0.15) is 5.70 Å². The summed E-state index contributed by atoms with van der Waals surface area (Å²) in [5.74, 6) is -2.30. The lowest BCUT2D eigenvalue weighted by Crippen LogP contribution is -2.34. The van der Waals surface area contributed by atoms with Gasteiger partial charge in [-0.15, -0.1) is 0 Å². The van der Waals surface area contributed by atoms with Gasteiger partial charge in [0, 0.05) is 6.08 Å². The summed E-state index contributed by atoms with van der Waals surface area (Å²) in [5.41, 5.74) is 1.90. The maximum atomic E-state index is 12.2. The summed E-state index contributed by atoms with van der Waals surface area (Å²) in [7, 11) is 0. The summed E-state index contributed by atoms with van der Waals surface area (Å²) >= 11 is 1.51. The molecular weight excluding hydrogens is 344 g/mol. The molecule has 0 saturated carbocycles. The lowest BCUT2D eigenvalue weighted by atomic mass is 10.0. The Bertz CT molecular complexity index is 873. The number of carboxylic acid groups (broad SMARTS) is 1. The van der Waals surface area contributed by atoms with Gasteiger partial charge in [-0.2, -0.15) is 11.3 Å². The summed E-state index contributed by atoms with van der Waals surface area (Å²) in [6, 6.07) is 6.66. The number of nitrogens with zero attached hydrogens (tertiary/aromatic N) is 1. The highest BCUT2D eigenvalue weighted by molar-refractivity contribution is 7.08. The maximum absolute atomic E-state index is 12.2. The largest absolute Gasteiger partial charge is 0.478 e. The molecule has 0 saturated heterocycles. The molecule has 25 heavy (non-hydrogen) atoms. The summed E-state index contributed by atoms with van der Waals surface area (Å²) < 4.78 is 0. The van der Waals surface area contributed by atoms with Crippen LogP contribution in [0.4, 0.5) is 5.69 Å². The number of aromatic carboxylic acids is 1. The van der Waals surface area contributed by atoms with Gasteiger partial charge in [0.25, 0.3) is 11.8 Å². The molecule has 1 aliphatic heterocycles. The Morgan fingerprint density at radius 2 is 2.00 bits per heavy atom. The molecule has 1 aromatic carbocycles. The Kier molecular flexibility index (Phi) is 4.64. The average molecular weight is 358 g/mol. The maximum Gasteiger partial charge on any atom is 0.337 e. The van der Waals surface area contributed by atoms with E-state index in [1.54, 1.807) is 12.1 Å². The molecule has 0 bridgehead atoms. The Hall–Kier alpha value is -2.97. The highest BCUT2D eigenvalue weighted by atomic mass is 32.1. The van der Waals surface area contributed by atoms with Crippen LogP contribution >= 0.6 is 11.3 Å². The van der Waals surface area contributed by atoms with E-state index in [1.807, 2.05) is 16.8 Å². The zero-order chi connectivity index (χ0) is 18.0. The van der Waals surface area contributed by atoms with Crippen molar-refractivity contribution in [3.05, 3.63) is 52.4 Å². The van der Waals surface area contributed by atoms with E-state index in [4.69, 9.17) is 5.11 Å². The number of carbonyl (C=O) groups excluding carboxylic acids is 2. The van der Waals surface area contributed by atoms with Crippen LogP contribution < -0.4 is 5.32 Å². The molecule has 3 rings (SSSR count). The molecule has 8 heteroatoms. The number of benzene rings is 1. The molecule has 7 nitrogen and oxygen atoms in total. The zero-order valence-corrected chi connectivity index (χ0v) is 13.7. The lowest BCUT2D eigenvalue weighted by molar-refractivity contribution is -0.137. The Balaban J connectivity index is 1.95. The van der Waals surface area contributed by atoms with Gasteiger partial charge in [-0.25, -0.2) is 4.79 Å². The normalized spacial score (nSPS) is 14.0. The first-order valence-corrected chi connectivity index (χ1v) is 8.31. The van der Waals surface area contributed by atoms with Crippen molar-refractivity contribution in [1.82, 2.24) is 4.90 Å². The van der Waals surface area contributed by atoms with Gasteiger partial charge in [0.2, 0.25) is 0 Å². The fourth-order valence-corrected chi connectivity index (χ4v) is 3.16. The monoisotopic (exact) mass is 358 g/mol. The summed E-state index contributed by atoms with van der Waals surface area (Å²) in [5, 5.41) is 24.9. The van der Waals surface area contributed by atoms with Crippen LogP contribution in [-0.4, -0.2) is 46.0 Å². The highest BCUT2D eigenvalue weighted by Gasteiger charge is 2.31. The number of rotatable bonds is 6. The van der Waals surface area contributed by atoms with Crippen molar-refractivity contribution in [1.29, 1.82) is 0 Å². The van der Waals surface area contributed by atoms with Gasteiger partial charge >= 0.3 is 5.97 Å². The smallest absolute Gasteiger partial charge is 0.337 e. The predicted octanol–water partition coefficient (Wildman–Crippen LogP) is 1.77. The van der Waals surface area contributed by atoms with E-state index in [0.717, 1.165) is 22.1 Å². The van der Waals surface area contributed by atoms with Crippen LogP contribution in [0, 0.1) is 0 Å². The first kappa shape index (κ1) is 16.9. The van der Waals surface area contributed by atoms with Crippen molar-refractivity contribution in [3.63, 3.8) is 0 Å². The Morgan fingerprint density at radius 3 is 2.64 bits per heavy atom. The van der Waals surface area contributed by atoms with Crippen molar-refractivity contribution in [2.24, 2.45) is 0 Å². The fraction of sp³-hybridized carbons (Fsp3) is 0.118. The molecule has 2 heterocycles. The number of nitrogens with one attached hydrogen (secondary N) is 1. The van der Waals surface area contributed by atoms with Crippen LogP contribution in [0.15, 0.2) is 46.8 Å². The molecule has 0 unspecified atom stereocenters. The van der Waals surface area contributed by atoms with Crippen LogP contribution in [0.2, 0.25) is 0 Å². The van der Waals surface area contributed by atoms with Crippen LogP contribution in [0.1, 0.15) is 10.4 Å². The van der Waals surface area contributed by atoms with Crippen LogP contribution in [0.5, 0.6) is 0 Å². The van der Waals surface area contributed by atoms with E-state index < -0.39 is 17.8 Å². The second-order valence-electron chi connectivity index (χ2n) is 5.28. The molecule has 1 aromatic heterocycles. The van der Waals surface area contributed by atoms with Crippen LogP contribution in [0.3, 0.4) is 0 Å². The minimum atomic E-state index is -1.15. The Labute approximate surface area is 146 Å². The number of amides is 2. The molecule has 0 spiro atoms. The van der Waals surface area contributed by atoms with E-state index in [9.17, 15) is 19.5 Å². The SMILES string of the molecule is O=C(O)c1ccc(-c2ccsc2)cc1NC1=CC(=O)N(CCO)C1=O. The molecule has 1 aliphatic rings. The molecule has 2 amide bonds. The van der Waals surface area contributed by atoms with Crippen molar-refractivity contribution in [3.8, 4) is 11.1 Å². The molecule has 0 atom stereocenters. The number of β-amino-alcohol motifs (C(OH)–C–C–N with tert-alkyl or cyclic N) is 1. The number of aliphatic hydroxyl groups is 1. The molecular formula is C17H14N2O5S. The van der Waals surface area contributed by atoms with Crippen LogP contribution in [-0.2, 0) is 9.59 Å². The van der Waals surface area contributed by atoms with E-state index in [2.05, 4.69) is 5.32 Å². The van der Waals surface area contributed by atoms with Crippen molar-refractivity contribution < 1.29 is 24.6 Å². The number of thiophene rings is 1. The predicted molar refractivity (Wildman–Crippen MR) is 92.2 cm³/mol. The van der Waals surface area contributed by atoms with Crippen molar-refractivity contribution >= 4 is 34.8 Å². The summed E-state index contributed by atoms with van der Waals surface area (Å²) in [4.78, 5) is 36.4. The molecule has 128 valence electrons. The second-order valence-corrected chi connectivity index (χ2v) is 6.06.